The molecule has 0 spiro atoms. The Kier molecular flexibility index (Phi) is 9.65. The summed E-state index contributed by atoms with van der Waals surface area (Å²) in [7, 11) is 0. The Hall–Kier alpha value is -3.72. The molecule has 3 aromatic carbocycles. The van der Waals surface area contributed by atoms with Crippen molar-refractivity contribution in [2.75, 3.05) is 30.3 Å². The smallest absolute Gasteiger partial charge is 0.221 e. The lowest BCUT2D eigenvalue weighted by atomic mass is 10.0. The minimum atomic E-state index is -0.602. The topological polar surface area (TPSA) is 95.5 Å². The van der Waals surface area contributed by atoms with E-state index in [9.17, 15) is 9.90 Å². The van der Waals surface area contributed by atoms with E-state index in [1.165, 1.54) is 23.8 Å². The van der Waals surface area contributed by atoms with Crippen LogP contribution >= 0.6 is 11.3 Å². The molecular weight excluding hydrogens is 484 g/mol. The molecule has 0 aliphatic carbocycles. The van der Waals surface area contributed by atoms with Crippen LogP contribution < -0.4 is 20.7 Å². The number of para-hydroxylation sites is 1. The van der Waals surface area contributed by atoms with Crippen molar-refractivity contribution in [3.8, 4) is 17.0 Å². The second-order valence-corrected chi connectivity index (χ2v) is 9.53. The van der Waals surface area contributed by atoms with Gasteiger partial charge in [-0.1, -0.05) is 54.6 Å². The van der Waals surface area contributed by atoms with Crippen LogP contribution in [0.1, 0.15) is 18.1 Å². The summed E-state index contributed by atoms with van der Waals surface area (Å²) < 4.78 is 5.60. The molecule has 1 atom stereocenters. The van der Waals surface area contributed by atoms with E-state index in [4.69, 9.17) is 9.72 Å². The van der Waals surface area contributed by atoms with Gasteiger partial charge in [-0.25, -0.2) is 4.98 Å². The molecule has 0 radical (unpaired) electrons. The molecule has 7 nitrogen and oxygen atoms in total. The number of anilines is 2. The fraction of sp³-hybridized carbons (Fsp3) is 0.241. The molecule has 192 valence electrons. The van der Waals surface area contributed by atoms with Crippen LogP contribution in [0, 0.1) is 0 Å². The zero-order chi connectivity index (χ0) is 25.9. The normalized spacial score (nSPS) is 11.6. The third-order valence-electron chi connectivity index (χ3n) is 5.62. The standard InChI is InChI=1S/C29H32N4O3S/c1-21(34)32-27-13-12-22(14-15-30-18-24(35)19-36-25-10-6-3-7-11-25)16-26(27)28-20-37-29(33-28)31-17-23-8-4-2-5-9-23/h2-13,16,20,24,30,35H,14-15,17-19H2,1H3,(H,31,33)(H,32,34). The molecule has 4 aromatic rings. The van der Waals surface area contributed by atoms with E-state index in [0.29, 0.717) is 19.6 Å². The van der Waals surface area contributed by atoms with Crippen molar-refractivity contribution in [1.82, 2.24) is 10.3 Å². The number of nitrogens with zero attached hydrogens (tertiary/aromatic N) is 1. The lowest BCUT2D eigenvalue weighted by Crippen LogP contribution is -2.32. The predicted molar refractivity (Wildman–Crippen MR) is 150 cm³/mol. The molecule has 37 heavy (non-hydrogen) atoms. The van der Waals surface area contributed by atoms with Crippen LogP contribution in [0.15, 0.2) is 84.2 Å². The van der Waals surface area contributed by atoms with Gasteiger partial charge in [-0.15, -0.1) is 11.3 Å². The van der Waals surface area contributed by atoms with E-state index in [-0.39, 0.29) is 12.5 Å². The summed E-state index contributed by atoms with van der Waals surface area (Å²) >= 11 is 1.54. The molecule has 0 fully saturated rings. The number of hydrogen-bond donors (Lipinski definition) is 4. The van der Waals surface area contributed by atoms with E-state index < -0.39 is 6.10 Å². The molecule has 0 saturated carbocycles. The Balaban J connectivity index is 1.33. The Bertz CT molecular complexity index is 1260. The summed E-state index contributed by atoms with van der Waals surface area (Å²) in [5.74, 6) is 0.619. The molecule has 0 saturated heterocycles. The first-order valence-corrected chi connectivity index (χ1v) is 13.2. The second kappa shape index (κ2) is 13.5. The number of carbonyl (C=O) groups excluding carboxylic acids is 1. The third-order valence-corrected chi connectivity index (χ3v) is 6.42. The summed E-state index contributed by atoms with van der Waals surface area (Å²) in [4.78, 5) is 16.5. The molecule has 4 N–H and O–H groups in total. The van der Waals surface area contributed by atoms with Crippen molar-refractivity contribution in [2.24, 2.45) is 0 Å². The van der Waals surface area contributed by atoms with Crippen molar-refractivity contribution in [3.63, 3.8) is 0 Å². The maximum absolute atomic E-state index is 11.8. The number of ether oxygens (including phenoxy) is 1. The van der Waals surface area contributed by atoms with Gasteiger partial charge in [-0.05, 0) is 48.4 Å². The van der Waals surface area contributed by atoms with Crippen molar-refractivity contribution in [1.29, 1.82) is 0 Å². The first-order valence-electron chi connectivity index (χ1n) is 12.3. The van der Waals surface area contributed by atoms with Gasteiger partial charge in [0.15, 0.2) is 5.13 Å². The van der Waals surface area contributed by atoms with Crippen molar-refractivity contribution in [2.45, 2.75) is 26.0 Å². The number of aliphatic hydroxyl groups is 1. The van der Waals surface area contributed by atoms with Crippen LogP contribution in [0.3, 0.4) is 0 Å². The Labute approximate surface area is 221 Å². The van der Waals surface area contributed by atoms with Crippen LogP contribution in [0.5, 0.6) is 5.75 Å². The Morgan fingerprint density at radius 3 is 2.54 bits per heavy atom. The van der Waals surface area contributed by atoms with Crippen LogP contribution in [-0.4, -0.2) is 41.8 Å². The van der Waals surface area contributed by atoms with Gasteiger partial charge in [-0.3, -0.25) is 4.79 Å². The highest BCUT2D eigenvalue weighted by Gasteiger charge is 2.12. The second-order valence-electron chi connectivity index (χ2n) is 8.67. The zero-order valence-corrected chi connectivity index (χ0v) is 21.6. The number of nitrogens with one attached hydrogen (secondary N) is 3. The van der Waals surface area contributed by atoms with Crippen molar-refractivity contribution in [3.05, 3.63) is 95.4 Å². The molecule has 0 aliphatic rings. The van der Waals surface area contributed by atoms with E-state index in [1.807, 2.05) is 66.0 Å². The van der Waals surface area contributed by atoms with Gasteiger partial charge >= 0.3 is 0 Å². The monoisotopic (exact) mass is 516 g/mol. The Morgan fingerprint density at radius 1 is 1.03 bits per heavy atom. The summed E-state index contributed by atoms with van der Waals surface area (Å²) in [6, 6.07) is 25.6. The van der Waals surface area contributed by atoms with Gasteiger partial charge in [0.25, 0.3) is 0 Å². The molecule has 1 aromatic heterocycles. The maximum atomic E-state index is 11.8. The highest BCUT2D eigenvalue weighted by molar-refractivity contribution is 7.14. The number of carbonyl (C=O) groups is 1. The number of benzene rings is 3. The fourth-order valence-electron chi connectivity index (χ4n) is 3.78. The SMILES string of the molecule is CC(=O)Nc1ccc(CCNCC(O)COc2ccccc2)cc1-c1csc(NCc2ccccc2)n1. The minimum Gasteiger partial charge on any atom is -0.491 e. The zero-order valence-electron chi connectivity index (χ0n) is 20.8. The molecule has 8 heteroatoms. The van der Waals surface area contributed by atoms with Crippen LogP contribution in [0.2, 0.25) is 0 Å². The van der Waals surface area contributed by atoms with Gasteiger partial charge < -0.3 is 25.8 Å². The molecular formula is C29H32N4O3S. The molecule has 1 heterocycles. The van der Waals surface area contributed by atoms with Crippen LogP contribution in [-0.2, 0) is 17.8 Å². The summed E-state index contributed by atoms with van der Waals surface area (Å²) in [6.45, 7) is 3.56. The average molecular weight is 517 g/mol. The largest absolute Gasteiger partial charge is 0.491 e. The fourth-order valence-corrected chi connectivity index (χ4v) is 4.49. The van der Waals surface area contributed by atoms with E-state index in [2.05, 4.69) is 34.1 Å². The quantitative estimate of drug-likeness (QED) is 0.188. The highest BCUT2D eigenvalue weighted by atomic mass is 32.1. The average Bonchev–Trinajstić information content (AvgIpc) is 3.39. The third kappa shape index (κ3) is 8.42. The van der Waals surface area contributed by atoms with Gasteiger partial charge in [0, 0.05) is 31.0 Å². The van der Waals surface area contributed by atoms with Gasteiger partial charge in [0.05, 0.1) is 11.4 Å². The lowest BCUT2D eigenvalue weighted by Gasteiger charge is -2.14. The molecule has 4 rings (SSSR count). The van der Waals surface area contributed by atoms with Crippen molar-refractivity contribution >= 4 is 28.1 Å². The minimum absolute atomic E-state index is 0.125. The maximum Gasteiger partial charge on any atom is 0.221 e. The van der Waals surface area contributed by atoms with Gasteiger partial charge in [-0.2, -0.15) is 0 Å². The first kappa shape index (κ1) is 26.3. The summed E-state index contributed by atoms with van der Waals surface area (Å²) in [5.41, 5.74) is 4.72. The number of rotatable bonds is 13. The summed E-state index contributed by atoms with van der Waals surface area (Å²) in [5, 5.41) is 22.6. The number of thiazole rings is 1. The van der Waals surface area contributed by atoms with E-state index in [1.54, 1.807) is 0 Å². The lowest BCUT2D eigenvalue weighted by molar-refractivity contribution is -0.114. The van der Waals surface area contributed by atoms with Gasteiger partial charge in [0.1, 0.15) is 18.5 Å². The molecule has 1 amide bonds. The first-order chi connectivity index (χ1) is 18.1. The predicted octanol–water partition coefficient (Wildman–Crippen LogP) is 4.95. The number of hydrogen-bond acceptors (Lipinski definition) is 7. The molecule has 0 aliphatic heterocycles. The number of aliphatic hydroxyl groups excluding tert-OH is 1. The Morgan fingerprint density at radius 2 is 1.78 bits per heavy atom. The molecule has 0 bridgehead atoms. The number of aromatic nitrogens is 1. The van der Waals surface area contributed by atoms with Crippen molar-refractivity contribution < 1.29 is 14.6 Å². The number of amides is 1. The molecule has 1 unspecified atom stereocenters. The van der Waals surface area contributed by atoms with Crippen LogP contribution in [0.4, 0.5) is 10.8 Å². The van der Waals surface area contributed by atoms with E-state index >= 15 is 0 Å². The van der Waals surface area contributed by atoms with E-state index in [0.717, 1.165) is 39.8 Å². The van der Waals surface area contributed by atoms with Gasteiger partial charge in [0.2, 0.25) is 5.91 Å². The van der Waals surface area contributed by atoms with Crippen LogP contribution in [0.25, 0.3) is 11.3 Å². The highest BCUT2D eigenvalue weighted by Crippen LogP contribution is 2.32. The summed E-state index contributed by atoms with van der Waals surface area (Å²) in [6.07, 6.45) is 0.165.